The Labute approximate surface area is 210 Å². The van der Waals surface area contributed by atoms with E-state index in [2.05, 4.69) is 13.8 Å². The van der Waals surface area contributed by atoms with E-state index in [1.54, 1.807) is 22.0 Å². The van der Waals surface area contributed by atoms with Gasteiger partial charge in [0.05, 0.1) is 33.8 Å². The summed E-state index contributed by atoms with van der Waals surface area (Å²) in [4.78, 5) is 20.8. The first-order valence-electron chi connectivity index (χ1n) is 10.7. The van der Waals surface area contributed by atoms with Crippen LogP contribution in [-0.2, 0) is 23.5 Å². The highest BCUT2D eigenvalue weighted by Gasteiger charge is 2.28. The zero-order chi connectivity index (χ0) is 23.1. The SMILES string of the molecule is CC(C)[C@H]1Cc2c(sc3nc(SCc4ccc(Cl)c(Cl)c4)n(-c4ccccc4)c(=O)c23)CO1. The van der Waals surface area contributed by atoms with Gasteiger partial charge in [-0.15, -0.1) is 11.3 Å². The quantitative estimate of drug-likeness (QED) is 0.208. The molecule has 0 N–H and O–H groups in total. The van der Waals surface area contributed by atoms with Gasteiger partial charge >= 0.3 is 0 Å². The first kappa shape index (κ1) is 22.9. The number of fused-ring (bicyclic) bond motifs is 3. The van der Waals surface area contributed by atoms with Gasteiger partial charge in [0.1, 0.15) is 4.83 Å². The van der Waals surface area contributed by atoms with Gasteiger partial charge in [-0.3, -0.25) is 9.36 Å². The highest BCUT2D eigenvalue weighted by molar-refractivity contribution is 7.98. The molecule has 0 saturated heterocycles. The largest absolute Gasteiger partial charge is 0.372 e. The van der Waals surface area contributed by atoms with Crippen molar-refractivity contribution >= 4 is 56.5 Å². The Bertz CT molecular complexity index is 1380. The van der Waals surface area contributed by atoms with Crippen LogP contribution in [0.2, 0.25) is 10.0 Å². The smallest absolute Gasteiger partial charge is 0.267 e. The summed E-state index contributed by atoms with van der Waals surface area (Å²) in [6.07, 6.45) is 0.859. The molecule has 1 aliphatic rings. The standard InChI is InChI=1S/C25H22Cl2N2O2S2/c1-14(2)20-11-17-21(12-31-20)33-23-22(17)24(30)29(16-6-4-3-5-7-16)25(28-23)32-13-15-8-9-18(26)19(27)10-15/h3-10,14,20H,11-13H2,1-2H3/t20-/m1/s1. The van der Waals surface area contributed by atoms with Crippen molar-refractivity contribution in [1.29, 1.82) is 0 Å². The molecule has 33 heavy (non-hydrogen) atoms. The number of halogens is 2. The third-order valence-electron chi connectivity index (χ3n) is 5.82. The van der Waals surface area contributed by atoms with E-state index in [0.717, 1.165) is 38.3 Å². The normalized spacial score (nSPS) is 15.8. The lowest BCUT2D eigenvalue weighted by molar-refractivity contribution is 0.00200. The minimum Gasteiger partial charge on any atom is -0.372 e. The number of benzene rings is 2. The molecule has 0 radical (unpaired) electrons. The average molecular weight is 518 g/mol. The molecule has 5 rings (SSSR count). The van der Waals surface area contributed by atoms with E-state index in [1.807, 2.05) is 42.5 Å². The Kier molecular flexibility index (Phi) is 6.56. The lowest BCUT2D eigenvalue weighted by atomic mass is 9.96. The molecule has 1 aliphatic heterocycles. The van der Waals surface area contributed by atoms with Crippen LogP contribution in [0.4, 0.5) is 0 Å². The van der Waals surface area contributed by atoms with Crippen molar-refractivity contribution in [2.24, 2.45) is 5.92 Å². The molecule has 0 amide bonds. The Balaban J connectivity index is 1.62. The average Bonchev–Trinajstić information content (AvgIpc) is 3.18. The first-order chi connectivity index (χ1) is 15.9. The maximum atomic E-state index is 13.9. The number of ether oxygens (including phenoxy) is 1. The van der Waals surface area contributed by atoms with Gasteiger partial charge < -0.3 is 4.74 Å². The van der Waals surface area contributed by atoms with Crippen LogP contribution in [0.15, 0.2) is 58.5 Å². The Hall–Kier alpha value is -1.83. The Morgan fingerprint density at radius 1 is 1.18 bits per heavy atom. The highest BCUT2D eigenvalue weighted by Crippen LogP contribution is 2.37. The third-order valence-corrected chi connectivity index (χ3v) is 8.67. The fourth-order valence-corrected chi connectivity index (χ4v) is 6.46. The first-order valence-corrected chi connectivity index (χ1v) is 13.3. The molecule has 1 atom stereocenters. The van der Waals surface area contributed by atoms with Crippen LogP contribution < -0.4 is 5.56 Å². The van der Waals surface area contributed by atoms with Gasteiger partial charge in [0, 0.05) is 17.1 Å². The van der Waals surface area contributed by atoms with Gasteiger partial charge in [-0.2, -0.15) is 0 Å². The summed E-state index contributed by atoms with van der Waals surface area (Å²) in [5.41, 5.74) is 2.90. The van der Waals surface area contributed by atoms with Gasteiger partial charge in [0.15, 0.2) is 5.16 Å². The topological polar surface area (TPSA) is 44.1 Å². The maximum absolute atomic E-state index is 13.9. The molecule has 0 unspecified atom stereocenters. The zero-order valence-corrected chi connectivity index (χ0v) is 21.3. The molecule has 0 saturated carbocycles. The van der Waals surface area contributed by atoms with Gasteiger partial charge in [-0.25, -0.2) is 4.98 Å². The van der Waals surface area contributed by atoms with Crippen molar-refractivity contribution in [2.45, 2.75) is 43.9 Å². The zero-order valence-electron chi connectivity index (χ0n) is 18.2. The predicted octanol–water partition coefficient (Wildman–Crippen LogP) is 7.14. The Morgan fingerprint density at radius 2 is 1.97 bits per heavy atom. The maximum Gasteiger partial charge on any atom is 0.267 e. The van der Waals surface area contributed by atoms with Crippen molar-refractivity contribution < 1.29 is 4.74 Å². The molecule has 2 aromatic carbocycles. The molecule has 0 bridgehead atoms. The molecule has 4 nitrogen and oxygen atoms in total. The van der Waals surface area contributed by atoms with Gasteiger partial charge in [0.25, 0.3) is 5.56 Å². The van der Waals surface area contributed by atoms with Crippen molar-refractivity contribution in [3.05, 3.63) is 84.9 Å². The lowest BCUT2D eigenvalue weighted by Gasteiger charge is -2.26. The van der Waals surface area contributed by atoms with E-state index in [4.69, 9.17) is 32.9 Å². The third kappa shape index (κ3) is 4.47. The van der Waals surface area contributed by atoms with Gasteiger partial charge in [0.2, 0.25) is 0 Å². The molecule has 2 aromatic heterocycles. The fraction of sp³-hybridized carbons (Fsp3) is 0.280. The van der Waals surface area contributed by atoms with Crippen molar-refractivity contribution in [3.63, 3.8) is 0 Å². The summed E-state index contributed by atoms with van der Waals surface area (Å²) in [5.74, 6) is 1.00. The van der Waals surface area contributed by atoms with Crippen LogP contribution >= 0.6 is 46.3 Å². The lowest BCUT2D eigenvalue weighted by Crippen LogP contribution is -2.28. The monoisotopic (exact) mass is 516 g/mol. The second-order valence-electron chi connectivity index (χ2n) is 8.39. The van der Waals surface area contributed by atoms with Gasteiger partial charge in [-0.05, 0) is 41.3 Å². The summed E-state index contributed by atoms with van der Waals surface area (Å²) in [7, 11) is 0. The molecule has 170 valence electrons. The summed E-state index contributed by atoms with van der Waals surface area (Å²) in [5, 5.41) is 2.43. The number of hydrogen-bond acceptors (Lipinski definition) is 5. The number of rotatable bonds is 5. The number of aromatic nitrogens is 2. The molecule has 0 spiro atoms. The van der Waals surface area contributed by atoms with Crippen LogP contribution in [-0.4, -0.2) is 15.7 Å². The van der Waals surface area contributed by atoms with Crippen molar-refractivity contribution in [1.82, 2.24) is 9.55 Å². The molecule has 0 fully saturated rings. The predicted molar refractivity (Wildman–Crippen MR) is 138 cm³/mol. The van der Waals surface area contributed by atoms with Crippen LogP contribution in [0.3, 0.4) is 0 Å². The second kappa shape index (κ2) is 9.43. The Morgan fingerprint density at radius 3 is 2.70 bits per heavy atom. The molecule has 8 heteroatoms. The number of nitrogens with zero attached hydrogens (tertiary/aromatic N) is 2. The summed E-state index contributed by atoms with van der Waals surface area (Å²) >= 11 is 15.3. The highest BCUT2D eigenvalue weighted by atomic mass is 35.5. The van der Waals surface area contributed by atoms with Crippen molar-refractivity contribution in [3.8, 4) is 5.69 Å². The van der Waals surface area contributed by atoms with Crippen LogP contribution in [0.5, 0.6) is 0 Å². The van der Waals surface area contributed by atoms with Crippen LogP contribution in [0.1, 0.15) is 29.9 Å². The molecule has 3 heterocycles. The molecule has 4 aromatic rings. The molecular formula is C25H22Cl2N2O2S2. The number of para-hydroxylation sites is 1. The number of hydrogen-bond donors (Lipinski definition) is 0. The summed E-state index contributed by atoms with van der Waals surface area (Å²) < 4.78 is 7.79. The molecular weight excluding hydrogens is 495 g/mol. The van der Waals surface area contributed by atoms with E-state index in [1.165, 1.54) is 11.8 Å². The van der Waals surface area contributed by atoms with Crippen LogP contribution in [0.25, 0.3) is 15.9 Å². The minimum absolute atomic E-state index is 0.0234. The fourth-order valence-electron chi connectivity index (χ4n) is 4.01. The summed E-state index contributed by atoms with van der Waals surface area (Å²) in [6.45, 7) is 4.85. The van der Waals surface area contributed by atoms with E-state index < -0.39 is 0 Å². The minimum atomic E-state index is -0.0234. The van der Waals surface area contributed by atoms with Crippen LogP contribution in [0, 0.1) is 5.92 Å². The van der Waals surface area contributed by atoms with Gasteiger partial charge in [-0.1, -0.05) is 73.1 Å². The second-order valence-corrected chi connectivity index (χ2v) is 11.2. The molecule has 0 aliphatic carbocycles. The number of thiophene rings is 1. The summed E-state index contributed by atoms with van der Waals surface area (Å²) in [6, 6.07) is 15.3. The van der Waals surface area contributed by atoms with E-state index in [-0.39, 0.29) is 11.7 Å². The van der Waals surface area contributed by atoms with E-state index >= 15 is 0 Å². The van der Waals surface area contributed by atoms with E-state index in [9.17, 15) is 4.79 Å². The van der Waals surface area contributed by atoms with Crippen molar-refractivity contribution in [2.75, 3.05) is 0 Å². The number of thioether (sulfide) groups is 1. The van der Waals surface area contributed by atoms with E-state index in [0.29, 0.717) is 33.5 Å².